The van der Waals surface area contributed by atoms with Crippen LogP contribution in [0.3, 0.4) is 0 Å². The van der Waals surface area contributed by atoms with Crippen LogP contribution in [-0.2, 0) is 31.0 Å². The number of amides is 5. The molecule has 0 fully saturated rings. The van der Waals surface area contributed by atoms with Crippen LogP contribution in [0.25, 0.3) is 16.8 Å². The van der Waals surface area contributed by atoms with E-state index in [0.29, 0.717) is 33.9 Å². The van der Waals surface area contributed by atoms with E-state index in [4.69, 9.17) is 31.9 Å². The van der Waals surface area contributed by atoms with Gasteiger partial charge < -0.3 is 52.8 Å². The van der Waals surface area contributed by atoms with Crippen LogP contribution in [0.15, 0.2) is 71.7 Å². The SMILES string of the molecule is Cc1c(C(=O)N[C@@H](CCN)C(=O)N(C)[C@@H]2C(=O)N[C@@H](C)C(=O)N[C@H](C(=O)NCC#N)Cc3ccc(OCCN)c(c3)-c3cc2ccc3OCCN)cnn(-c2ccc(C(C)(C)C)cc2)c1=O. The van der Waals surface area contributed by atoms with Crippen molar-refractivity contribution in [1.82, 2.24) is 35.9 Å². The lowest BCUT2D eigenvalue weighted by molar-refractivity contribution is -0.141. The number of aromatic nitrogens is 2. The Bertz CT molecular complexity index is 2530. The van der Waals surface area contributed by atoms with Gasteiger partial charge in [-0.05, 0) is 85.3 Å². The zero-order valence-corrected chi connectivity index (χ0v) is 38.1. The predicted octanol–water partition coefficient (Wildman–Crippen LogP) is 1.01. The molecule has 0 aliphatic carbocycles. The van der Waals surface area contributed by atoms with Gasteiger partial charge in [0.25, 0.3) is 11.5 Å². The van der Waals surface area contributed by atoms with E-state index in [9.17, 15) is 28.8 Å². The van der Waals surface area contributed by atoms with Gasteiger partial charge in [-0.25, -0.2) is 0 Å². The van der Waals surface area contributed by atoms with E-state index < -0.39 is 59.3 Å². The molecule has 19 nitrogen and oxygen atoms in total. The van der Waals surface area contributed by atoms with Crippen LogP contribution in [0.4, 0.5) is 0 Å². The van der Waals surface area contributed by atoms with Gasteiger partial charge in [-0.15, -0.1) is 0 Å². The van der Waals surface area contributed by atoms with Crippen molar-refractivity contribution in [2.75, 3.05) is 46.4 Å². The van der Waals surface area contributed by atoms with E-state index >= 15 is 0 Å². The first-order valence-electron chi connectivity index (χ1n) is 21.6. The molecule has 0 spiro atoms. The van der Waals surface area contributed by atoms with Gasteiger partial charge in [0.15, 0.2) is 0 Å². The van der Waals surface area contributed by atoms with Gasteiger partial charge in [0.2, 0.25) is 23.6 Å². The number of likely N-dealkylation sites (N-methyl/N-ethyl adjacent to an activating group) is 1. The Balaban J connectivity index is 1.57. The highest BCUT2D eigenvalue weighted by Crippen LogP contribution is 2.40. The van der Waals surface area contributed by atoms with Gasteiger partial charge in [-0.3, -0.25) is 28.8 Å². The molecule has 0 radical (unpaired) electrons. The standard InChI is InChI=1S/C47H59N11O8/c1-27-35(26-53-58(45(27)63)32-11-9-31(10-12-32)47(3,4)5)42(60)55-36(15-16-48)46(64)57(6)40-30-8-14-39(66-22-19-51)34(25-30)33-23-29(7-13-38(33)65-21-18-50)24-37(43(61)52-20-17-49)56-41(59)28(2)54-44(40)62/h7-14,23,25-26,28,36-37,40H,15-16,18-22,24,48,50-51H2,1-6H3,(H,52,61)(H,54,62)(H,55,60)(H,56,59)/t28-,36-,37-,40-/m0/s1. The van der Waals surface area contributed by atoms with E-state index in [-0.39, 0.29) is 74.3 Å². The minimum Gasteiger partial charge on any atom is -0.492 e. The van der Waals surface area contributed by atoms with E-state index in [1.54, 1.807) is 48.5 Å². The highest BCUT2D eigenvalue weighted by atomic mass is 16.5. The third kappa shape index (κ3) is 11.8. The van der Waals surface area contributed by atoms with Crippen molar-refractivity contribution in [2.45, 2.75) is 77.0 Å². The number of nitrogens with one attached hydrogen (secondary N) is 4. The number of rotatable bonds is 15. The summed E-state index contributed by atoms with van der Waals surface area (Å²) in [4.78, 5) is 84.9. The molecular formula is C47H59N11O8. The maximum Gasteiger partial charge on any atom is 0.275 e. The highest BCUT2D eigenvalue weighted by molar-refractivity contribution is 6.00. The van der Waals surface area contributed by atoms with Crippen molar-refractivity contribution in [3.63, 3.8) is 0 Å². The maximum atomic E-state index is 14.7. The van der Waals surface area contributed by atoms with Crippen LogP contribution in [0.1, 0.15) is 72.8 Å². The van der Waals surface area contributed by atoms with Gasteiger partial charge in [-0.1, -0.05) is 45.0 Å². The number of nitrogens with zero attached hydrogens (tertiary/aromatic N) is 4. The van der Waals surface area contributed by atoms with Crippen LogP contribution in [0, 0.1) is 18.3 Å². The molecule has 1 aliphatic heterocycles. The summed E-state index contributed by atoms with van der Waals surface area (Å²) in [5.41, 5.74) is 20.3. The molecule has 3 aromatic carbocycles. The van der Waals surface area contributed by atoms with Crippen molar-refractivity contribution in [2.24, 2.45) is 17.2 Å². The number of nitriles is 1. The Kier molecular flexibility index (Phi) is 16.8. The van der Waals surface area contributed by atoms with E-state index in [0.717, 1.165) is 10.5 Å². The molecule has 4 aromatic rings. The number of carbonyl (C=O) groups is 5. The first-order chi connectivity index (χ1) is 31.4. The lowest BCUT2D eigenvalue weighted by Gasteiger charge is -2.32. The number of fused-ring (bicyclic) bond motifs is 5. The average molecular weight is 906 g/mol. The maximum absolute atomic E-state index is 14.7. The van der Waals surface area contributed by atoms with E-state index in [1.807, 2.05) is 18.2 Å². The summed E-state index contributed by atoms with van der Waals surface area (Å²) in [6.45, 7) is 9.37. The molecule has 2 heterocycles. The van der Waals surface area contributed by atoms with Crippen LogP contribution in [0.2, 0.25) is 0 Å². The smallest absolute Gasteiger partial charge is 0.275 e. The molecule has 66 heavy (non-hydrogen) atoms. The lowest BCUT2D eigenvalue weighted by Crippen LogP contribution is -2.56. The third-order valence-corrected chi connectivity index (χ3v) is 11.1. The number of benzene rings is 3. The summed E-state index contributed by atoms with van der Waals surface area (Å²) in [5.74, 6) is -2.91. The molecule has 1 aliphatic rings. The Morgan fingerprint density at radius 3 is 2.17 bits per heavy atom. The summed E-state index contributed by atoms with van der Waals surface area (Å²) < 4.78 is 13.3. The minimum absolute atomic E-state index is 0.0131. The number of carbonyl (C=O) groups excluding carboxylic acids is 5. The normalized spacial score (nSPS) is 16.6. The van der Waals surface area contributed by atoms with Gasteiger partial charge >= 0.3 is 0 Å². The van der Waals surface area contributed by atoms with Gasteiger partial charge in [0.05, 0.1) is 23.5 Å². The fourth-order valence-electron chi connectivity index (χ4n) is 7.42. The second-order valence-electron chi connectivity index (χ2n) is 16.9. The van der Waals surface area contributed by atoms with E-state index in [2.05, 4.69) is 47.1 Å². The number of nitrogens with two attached hydrogens (primary N) is 3. The molecule has 350 valence electrons. The van der Waals surface area contributed by atoms with Gasteiger partial charge in [0.1, 0.15) is 55.4 Å². The van der Waals surface area contributed by atoms with Crippen LogP contribution in [-0.4, -0.2) is 109 Å². The Hall–Kier alpha value is -7.14. The van der Waals surface area contributed by atoms with E-state index in [1.165, 1.54) is 31.8 Å². The Morgan fingerprint density at radius 2 is 1.56 bits per heavy atom. The molecule has 19 heteroatoms. The molecule has 5 rings (SSSR count). The fourth-order valence-corrected chi connectivity index (χ4v) is 7.42. The first-order valence-corrected chi connectivity index (χ1v) is 21.6. The Labute approximate surface area is 383 Å². The summed E-state index contributed by atoms with van der Waals surface area (Å²) in [5, 5.41) is 24.0. The zero-order valence-electron chi connectivity index (χ0n) is 38.1. The third-order valence-electron chi connectivity index (χ3n) is 11.1. The summed E-state index contributed by atoms with van der Waals surface area (Å²) >= 11 is 0. The van der Waals surface area contributed by atoms with Crippen LogP contribution in [0.5, 0.6) is 11.5 Å². The monoisotopic (exact) mass is 905 g/mol. The van der Waals surface area contributed by atoms with Crippen molar-refractivity contribution in [1.29, 1.82) is 5.26 Å². The Morgan fingerprint density at radius 1 is 0.924 bits per heavy atom. The summed E-state index contributed by atoms with van der Waals surface area (Å²) in [6.07, 6.45) is 1.18. The molecule has 0 saturated heterocycles. The molecule has 10 N–H and O–H groups in total. The average Bonchev–Trinajstić information content (AvgIpc) is 3.29. The highest BCUT2D eigenvalue weighted by Gasteiger charge is 2.36. The number of hydrogen-bond acceptors (Lipinski definition) is 13. The predicted molar refractivity (Wildman–Crippen MR) is 247 cm³/mol. The summed E-state index contributed by atoms with van der Waals surface area (Å²) in [6, 6.07) is 14.1. The first kappa shape index (κ1) is 49.9. The van der Waals surface area contributed by atoms with Crippen molar-refractivity contribution >= 4 is 29.5 Å². The molecule has 0 unspecified atom stereocenters. The lowest BCUT2D eigenvalue weighted by atomic mass is 9.87. The molecule has 4 bridgehead atoms. The van der Waals surface area contributed by atoms with Gasteiger partial charge in [0, 0.05) is 43.2 Å². The summed E-state index contributed by atoms with van der Waals surface area (Å²) in [7, 11) is 1.37. The molecular weight excluding hydrogens is 847 g/mol. The van der Waals surface area contributed by atoms with Crippen molar-refractivity contribution < 1.29 is 33.4 Å². The molecule has 4 atom stereocenters. The van der Waals surface area contributed by atoms with Crippen LogP contribution >= 0.6 is 0 Å². The molecule has 0 saturated carbocycles. The second-order valence-corrected chi connectivity index (χ2v) is 16.9. The number of hydrogen-bond donors (Lipinski definition) is 7. The second kappa shape index (κ2) is 22.2. The van der Waals surface area contributed by atoms with Crippen molar-refractivity contribution in [3.05, 3.63) is 105 Å². The van der Waals surface area contributed by atoms with Crippen molar-refractivity contribution in [3.8, 4) is 34.4 Å². The fraction of sp³-hybridized carbons (Fsp3) is 0.404. The topological polar surface area (TPSA) is 292 Å². The quantitative estimate of drug-likeness (QED) is 0.0822. The minimum atomic E-state index is -1.45. The van der Waals surface area contributed by atoms with Gasteiger partial charge in [-0.2, -0.15) is 15.0 Å². The van der Waals surface area contributed by atoms with Crippen LogP contribution < -0.4 is 53.5 Å². The number of ether oxygens (including phenoxy) is 2. The zero-order chi connectivity index (χ0) is 48.3. The molecule has 5 amide bonds. The molecule has 1 aromatic heterocycles. The largest absolute Gasteiger partial charge is 0.492 e.